The van der Waals surface area contributed by atoms with Crippen LogP contribution in [0.15, 0.2) is 0 Å². The molecule has 0 aromatic rings. The monoisotopic (exact) mass is 297 g/mol. The maximum atomic E-state index is 12.2. The normalized spacial score (nSPS) is 21.7. The number of unbranched alkanes of at least 4 members (excludes halogenated alkanes) is 3. The molecule has 5 heteroatoms. The zero-order valence-electron chi connectivity index (χ0n) is 13.3. The Kier molecular flexibility index (Phi) is 7.47. The second-order valence-electron chi connectivity index (χ2n) is 6.21. The molecule has 5 nitrogen and oxygen atoms in total. The SMILES string of the molecule is NCCCCCCC(=O)N1CCN(C2CCOCC2)CC1. The highest BCUT2D eigenvalue weighted by Gasteiger charge is 2.26. The molecule has 2 saturated heterocycles. The van der Waals surface area contributed by atoms with Crippen LogP contribution in [0.1, 0.15) is 44.9 Å². The third-order valence-corrected chi connectivity index (χ3v) is 4.72. The number of rotatable bonds is 7. The summed E-state index contributed by atoms with van der Waals surface area (Å²) in [5, 5.41) is 0. The highest BCUT2D eigenvalue weighted by Crippen LogP contribution is 2.17. The van der Waals surface area contributed by atoms with Gasteiger partial charge in [0.15, 0.2) is 0 Å². The first kappa shape index (κ1) is 16.7. The first-order valence-corrected chi connectivity index (χ1v) is 8.61. The molecular weight excluding hydrogens is 266 g/mol. The minimum atomic E-state index is 0.342. The number of hydrogen-bond acceptors (Lipinski definition) is 4. The maximum absolute atomic E-state index is 12.2. The van der Waals surface area contributed by atoms with Gasteiger partial charge in [0.2, 0.25) is 5.91 Å². The van der Waals surface area contributed by atoms with Gasteiger partial charge in [-0.25, -0.2) is 0 Å². The van der Waals surface area contributed by atoms with Crippen LogP contribution < -0.4 is 5.73 Å². The molecule has 2 N–H and O–H groups in total. The molecule has 2 aliphatic rings. The minimum Gasteiger partial charge on any atom is -0.381 e. The lowest BCUT2D eigenvalue weighted by Crippen LogP contribution is -2.53. The van der Waals surface area contributed by atoms with Crippen molar-refractivity contribution in [1.29, 1.82) is 0 Å². The fourth-order valence-electron chi connectivity index (χ4n) is 3.32. The van der Waals surface area contributed by atoms with Crippen LogP contribution in [0.3, 0.4) is 0 Å². The molecule has 0 spiro atoms. The van der Waals surface area contributed by atoms with E-state index in [1.807, 2.05) is 0 Å². The average molecular weight is 297 g/mol. The van der Waals surface area contributed by atoms with Crippen LogP contribution in [0.25, 0.3) is 0 Å². The summed E-state index contributed by atoms with van der Waals surface area (Å²) in [4.78, 5) is 16.8. The number of amides is 1. The van der Waals surface area contributed by atoms with Gasteiger partial charge in [0.1, 0.15) is 0 Å². The van der Waals surface area contributed by atoms with Crippen molar-refractivity contribution in [2.45, 2.75) is 51.0 Å². The topological polar surface area (TPSA) is 58.8 Å². The van der Waals surface area contributed by atoms with Gasteiger partial charge in [-0.05, 0) is 32.2 Å². The summed E-state index contributed by atoms with van der Waals surface area (Å²) < 4.78 is 5.42. The third-order valence-electron chi connectivity index (χ3n) is 4.72. The lowest BCUT2D eigenvalue weighted by molar-refractivity contribution is -0.133. The molecule has 2 rings (SSSR count). The Morgan fingerprint density at radius 2 is 1.67 bits per heavy atom. The van der Waals surface area contributed by atoms with E-state index in [-0.39, 0.29) is 0 Å². The number of carbonyl (C=O) groups excluding carboxylic acids is 1. The van der Waals surface area contributed by atoms with E-state index in [2.05, 4.69) is 9.80 Å². The van der Waals surface area contributed by atoms with Crippen LogP contribution in [0.2, 0.25) is 0 Å². The molecule has 0 aromatic carbocycles. The van der Waals surface area contributed by atoms with Gasteiger partial charge in [-0.2, -0.15) is 0 Å². The summed E-state index contributed by atoms with van der Waals surface area (Å²) >= 11 is 0. The standard InChI is InChI=1S/C16H31N3O2/c17-8-4-2-1-3-5-16(20)19-11-9-18(10-12-19)15-6-13-21-14-7-15/h15H,1-14,17H2. The lowest BCUT2D eigenvalue weighted by Gasteiger charge is -2.40. The number of hydrogen-bond donors (Lipinski definition) is 1. The number of ether oxygens (including phenoxy) is 1. The Morgan fingerprint density at radius 3 is 2.33 bits per heavy atom. The van der Waals surface area contributed by atoms with Gasteiger partial charge in [0.05, 0.1) is 0 Å². The minimum absolute atomic E-state index is 0.342. The van der Waals surface area contributed by atoms with Gasteiger partial charge < -0.3 is 15.4 Å². The van der Waals surface area contributed by atoms with E-state index in [0.29, 0.717) is 18.4 Å². The van der Waals surface area contributed by atoms with Gasteiger partial charge in [-0.3, -0.25) is 9.69 Å². The maximum Gasteiger partial charge on any atom is 0.222 e. The molecule has 2 aliphatic heterocycles. The second kappa shape index (κ2) is 9.38. The number of nitrogens with two attached hydrogens (primary N) is 1. The van der Waals surface area contributed by atoms with Gasteiger partial charge in [-0.15, -0.1) is 0 Å². The molecule has 0 radical (unpaired) electrons. The number of carbonyl (C=O) groups is 1. The van der Waals surface area contributed by atoms with Crippen molar-refractivity contribution in [3.8, 4) is 0 Å². The summed E-state index contributed by atoms with van der Waals surface area (Å²) in [6.07, 6.45) is 7.38. The molecule has 122 valence electrons. The Hall–Kier alpha value is -0.650. The molecule has 0 atom stereocenters. The average Bonchev–Trinajstić information content (AvgIpc) is 2.55. The van der Waals surface area contributed by atoms with Gasteiger partial charge in [0.25, 0.3) is 0 Å². The van der Waals surface area contributed by atoms with Crippen molar-refractivity contribution >= 4 is 5.91 Å². The van der Waals surface area contributed by atoms with Crippen molar-refractivity contribution in [1.82, 2.24) is 9.80 Å². The molecule has 0 saturated carbocycles. The number of piperazine rings is 1. The molecule has 21 heavy (non-hydrogen) atoms. The summed E-state index contributed by atoms with van der Waals surface area (Å²) in [7, 11) is 0. The fourth-order valence-corrected chi connectivity index (χ4v) is 3.32. The summed E-state index contributed by atoms with van der Waals surface area (Å²) in [6.45, 7) is 6.42. The molecule has 0 aliphatic carbocycles. The van der Waals surface area contributed by atoms with Crippen molar-refractivity contribution < 1.29 is 9.53 Å². The summed E-state index contributed by atoms with van der Waals surface area (Å²) in [6, 6.07) is 0.673. The Balaban J connectivity index is 1.60. The van der Waals surface area contributed by atoms with Crippen molar-refractivity contribution in [3.05, 3.63) is 0 Å². The van der Waals surface area contributed by atoms with Crippen molar-refractivity contribution in [3.63, 3.8) is 0 Å². The molecule has 2 fully saturated rings. The van der Waals surface area contributed by atoms with Gasteiger partial charge in [0, 0.05) is 51.9 Å². The number of nitrogens with zero attached hydrogens (tertiary/aromatic N) is 2. The van der Waals surface area contributed by atoms with E-state index in [1.165, 1.54) is 0 Å². The Labute approximate surface area is 128 Å². The zero-order valence-corrected chi connectivity index (χ0v) is 13.3. The highest BCUT2D eigenvalue weighted by molar-refractivity contribution is 5.76. The molecule has 0 unspecified atom stereocenters. The van der Waals surface area contributed by atoms with Gasteiger partial charge in [-0.1, -0.05) is 12.8 Å². The molecule has 2 heterocycles. The van der Waals surface area contributed by atoms with Gasteiger partial charge >= 0.3 is 0 Å². The summed E-state index contributed by atoms with van der Waals surface area (Å²) in [5.41, 5.74) is 5.47. The first-order chi connectivity index (χ1) is 10.3. The van der Waals surface area contributed by atoms with Crippen LogP contribution in [-0.2, 0) is 9.53 Å². The van der Waals surface area contributed by atoms with Crippen LogP contribution in [-0.4, -0.2) is 67.7 Å². The Bertz CT molecular complexity index is 298. The lowest BCUT2D eigenvalue weighted by atomic mass is 10.1. The van der Waals surface area contributed by atoms with E-state index >= 15 is 0 Å². The van der Waals surface area contributed by atoms with Crippen molar-refractivity contribution in [2.75, 3.05) is 45.9 Å². The zero-order chi connectivity index (χ0) is 14.9. The largest absolute Gasteiger partial charge is 0.381 e. The van der Waals surface area contributed by atoms with E-state index in [1.54, 1.807) is 0 Å². The highest BCUT2D eigenvalue weighted by atomic mass is 16.5. The molecule has 0 aromatic heterocycles. The Morgan fingerprint density at radius 1 is 1.00 bits per heavy atom. The quantitative estimate of drug-likeness (QED) is 0.718. The summed E-state index contributed by atoms with van der Waals surface area (Å²) in [5.74, 6) is 0.342. The first-order valence-electron chi connectivity index (χ1n) is 8.61. The van der Waals surface area contributed by atoms with Crippen LogP contribution in [0.5, 0.6) is 0 Å². The smallest absolute Gasteiger partial charge is 0.222 e. The second-order valence-corrected chi connectivity index (χ2v) is 6.21. The molecule has 0 bridgehead atoms. The fraction of sp³-hybridized carbons (Fsp3) is 0.938. The van der Waals surface area contributed by atoms with E-state index in [4.69, 9.17) is 10.5 Å². The van der Waals surface area contributed by atoms with E-state index < -0.39 is 0 Å². The predicted molar refractivity (Wildman–Crippen MR) is 84.1 cm³/mol. The molecule has 1 amide bonds. The van der Waals surface area contributed by atoms with E-state index in [0.717, 1.165) is 84.5 Å². The van der Waals surface area contributed by atoms with E-state index in [9.17, 15) is 4.79 Å². The molecular formula is C16H31N3O2. The third kappa shape index (κ3) is 5.57. The van der Waals surface area contributed by atoms with Crippen LogP contribution in [0, 0.1) is 0 Å². The van der Waals surface area contributed by atoms with Crippen molar-refractivity contribution in [2.24, 2.45) is 5.73 Å². The predicted octanol–water partition coefficient (Wildman–Crippen LogP) is 1.22. The van der Waals surface area contributed by atoms with Crippen LogP contribution in [0.4, 0.5) is 0 Å². The van der Waals surface area contributed by atoms with Crippen LogP contribution >= 0.6 is 0 Å².